The van der Waals surface area contributed by atoms with Gasteiger partial charge in [-0.3, -0.25) is 0 Å². The fourth-order valence-corrected chi connectivity index (χ4v) is 6.58. The highest BCUT2D eigenvalue weighted by Gasteiger charge is 2.47. The van der Waals surface area contributed by atoms with Gasteiger partial charge in [0.25, 0.3) is 0 Å². The Balaban J connectivity index is 1.73. The summed E-state index contributed by atoms with van der Waals surface area (Å²) >= 11 is 1.60. The number of carbonyl (C=O) groups excluding carboxylic acids is 1. The number of fused-ring (bicyclic) bond motifs is 1. The van der Waals surface area contributed by atoms with Crippen molar-refractivity contribution >= 4 is 27.3 Å². The van der Waals surface area contributed by atoms with Crippen molar-refractivity contribution in [3.05, 3.63) is 64.1 Å². The molecule has 0 amide bonds. The lowest BCUT2D eigenvalue weighted by molar-refractivity contribution is -0.149. The summed E-state index contributed by atoms with van der Waals surface area (Å²) in [6.07, 6.45) is 2.61. The first-order valence-electron chi connectivity index (χ1n) is 10.1. The topological polar surface area (TPSA) is 72.9 Å². The van der Waals surface area contributed by atoms with Gasteiger partial charge in [-0.05, 0) is 56.3 Å². The first kappa shape index (κ1) is 21.1. The number of aryl methyl sites for hydroxylation is 1. The van der Waals surface area contributed by atoms with Gasteiger partial charge in [-0.1, -0.05) is 23.8 Å². The minimum absolute atomic E-state index is 0.0733. The van der Waals surface area contributed by atoms with Crippen LogP contribution >= 0.6 is 11.3 Å². The van der Waals surface area contributed by atoms with Gasteiger partial charge >= 0.3 is 5.97 Å². The van der Waals surface area contributed by atoms with Crippen molar-refractivity contribution in [1.29, 1.82) is 0 Å². The molecular weight excluding hydrogens is 422 g/mol. The number of esters is 1. The van der Waals surface area contributed by atoms with Crippen LogP contribution in [0.15, 0.2) is 58.5 Å². The quantitative estimate of drug-likeness (QED) is 0.647. The molecule has 1 saturated heterocycles. The highest BCUT2D eigenvalue weighted by Crippen LogP contribution is 2.45. The molecular formula is C22H25NO5S2. The zero-order valence-electron chi connectivity index (χ0n) is 17.0. The summed E-state index contributed by atoms with van der Waals surface area (Å²) in [4.78, 5) is 13.8. The molecule has 1 fully saturated rings. The molecule has 8 heteroatoms. The summed E-state index contributed by atoms with van der Waals surface area (Å²) in [7, 11) is -3.77. The molecule has 2 aromatic rings. The minimum atomic E-state index is -3.77. The van der Waals surface area contributed by atoms with Crippen LogP contribution in [0.1, 0.15) is 36.1 Å². The zero-order chi connectivity index (χ0) is 21.3. The van der Waals surface area contributed by atoms with Gasteiger partial charge in [-0.15, -0.1) is 11.3 Å². The standard InChI is InChI=1S/C22H25NO5S2/c1-3-27-22(24)19-14-18(20-7-5-13-29-20)17-6-4-12-23(21(17)28-19)30(25,26)16-10-8-15(2)9-11-16/h5,7-11,13-14,17-18,21H,3-4,6,12H2,1-2H3/t17-,18-,21+/m0/s1. The number of thiophene rings is 1. The third-order valence-corrected chi connectivity index (χ3v) is 8.43. The Morgan fingerprint density at radius 1 is 1.27 bits per heavy atom. The number of sulfonamides is 1. The Labute approximate surface area is 181 Å². The van der Waals surface area contributed by atoms with E-state index >= 15 is 0 Å². The third kappa shape index (κ3) is 3.91. The van der Waals surface area contributed by atoms with E-state index < -0.39 is 22.2 Å². The Hall–Kier alpha value is -2.16. The van der Waals surface area contributed by atoms with Gasteiger partial charge in [0.15, 0.2) is 6.23 Å². The van der Waals surface area contributed by atoms with Crippen LogP contribution in [0, 0.1) is 12.8 Å². The van der Waals surface area contributed by atoms with E-state index in [0.717, 1.165) is 23.3 Å². The molecule has 2 aliphatic rings. The molecule has 30 heavy (non-hydrogen) atoms. The number of carbonyl (C=O) groups is 1. The fourth-order valence-electron chi connectivity index (χ4n) is 4.12. The van der Waals surface area contributed by atoms with E-state index in [9.17, 15) is 13.2 Å². The Bertz CT molecular complexity index is 1030. The van der Waals surface area contributed by atoms with Crippen molar-refractivity contribution in [2.75, 3.05) is 13.2 Å². The van der Waals surface area contributed by atoms with Crippen molar-refractivity contribution in [2.24, 2.45) is 5.92 Å². The van der Waals surface area contributed by atoms with E-state index in [0.29, 0.717) is 6.54 Å². The second-order valence-electron chi connectivity index (χ2n) is 7.54. The number of nitrogens with zero attached hydrogens (tertiary/aromatic N) is 1. The van der Waals surface area contributed by atoms with E-state index in [1.165, 1.54) is 4.31 Å². The third-order valence-electron chi connectivity index (χ3n) is 5.58. The molecule has 1 aromatic carbocycles. The number of ether oxygens (including phenoxy) is 2. The molecule has 160 valence electrons. The van der Waals surface area contributed by atoms with Crippen molar-refractivity contribution < 1.29 is 22.7 Å². The van der Waals surface area contributed by atoms with Crippen LogP contribution in [0.4, 0.5) is 0 Å². The Morgan fingerprint density at radius 3 is 2.70 bits per heavy atom. The SMILES string of the molecule is CCOC(=O)C1=C[C@H](c2cccs2)[C@@H]2CCCN(S(=O)(=O)c3ccc(C)cc3)[C@@H]2O1. The van der Waals surface area contributed by atoms with Gasteiger partial charge in [0.2, 0.25) is 15.8 Å². The van der Waals surface area contributed by atoms with Gasteiger partial charge in [0, 0.05) is 23.3 Å². The lowest BCUT2D eigenvalue weighted by atomic mass is 9.81. The Kier molecular flexibility index (Phi) is 5.99. The lowest BCUT2D eigenvalue weighted by Gasteiger charge is -2.44. The fraction of sp³-hybridized carbons (Fsp3) is 0.409. The molecule has 6 nitrogen and oxygen atoms in total. The maximum Gasteiger partial charge on any atom is 0.373 e. The molecule has 0 unspecified atom stereocenters. The monoisotopic (exact) mass is 447 g/mol. The summed E-state index contributed by atoms with van der Waals surface area (Å²) in [6, 6.07) is 10.8. The van der Waals surface area contributed by atoms with Gasteiger partial charge in [0.1, 0.15) is 0 Å². The summed E-state index contributed by atoms with van der Waals surface area (Å²) in [6.45, 7) is 4.22. The van der Waals surface area contributed by atoms with E-state index in [4.69, 9.17) is 9.47 Å². The van der Waals surface area contributed by atoms with Crippen LogP contribution in [0.2, 0.25) is 0 Å². The van der Waals surface area contributed by atoms with Crippen LogP contribution in [0.3, 0.4) is 0 Å². The molecule has 2 aliphatic heterocycles. The largest absolute Gasteiger partial charge is 0.466 e. The van der Waals surface area contributed by atoms with Crippen molar-refractivity contribution in [2.45, 2.75) is 43.7 Å². The van der Waals surface area contributed by atoms with Crippen LogP contribution in [-0.2, 0) is 24.3 Å². The number of benzene rings is 1. The smallest absolute Gasteiger partial charge is 0.373 e. The minimum Gasteiger partial charge on any atom is -0.466 e. The number of hydrogen-bond donors (Lipinski definition) is 0. The number of hydrogen-bond acceptors (Lipinski definition) is 6. The second kappa shape index (κ2) is 8.53. The highest BCUT2D eigenvalue weighted by atomic mass is 32.2. The molecule has 0 aliphatic carbocycles. The molecule has 1 aromatic heterocycles. The van der Waals surface area contributed by atoms with Crippen molar-refractivity contribution in [3.63, 3.8) is 0 Å². The summed E-state index contributed by atoms with van der Waals surface area (Å²) < 4.78 is 39.5. The maximum atomic E-state index is 13.5. The van der Waals surface area contributed by atoms with Gasteiger partial charge in [-0.2, -0.15) is 4.31 Å². The Morgan fingerprint density at radius 2 is 2.03 bits per heavy atom. The van der Waals surface area contributed by atoms with Crippen LogP contribution in [0.5, 0.6) is 0 Å². The van der Waals surface area contributed by atoms with E-state index in [-0.39, 0.29) is 29.1 Å². The van der Waals surface area contributed by atoms with E-state index in [1.807, 2.05) is 24.4 Å². The first-order valence-corrected chi connectivity index (χ1v) is 12.4. The lowest BCUT2D eigenvalue weighted by Crippen LogP contribution is -2.52. The molecule has 0 radical (unpaired) electrons. The van der Waals surface area contributed by atoms with Gasteiger partial charge in [-0.25, -0.2) is 13.2 Å². The van der Waals surface area contributed by atoms with Gasteiger partial charge in [0.05, 0.1) is 11.5 Å². The summed E-state index contributed by atoms with van der Waals surface area (Å²) in [5, 5.41) is 1.99. The van der Waals surface area contributed by atoms with Crippen molar-refractivity contribution in [3.8, 4) is 0 Å². The molecule has 0 saturated carbocycles. The molecule has 3 heterocycles. The number of allylic oxidation sites excluding steroid dienone is 1. The number of piperidine rings is 1. The average molecular weight is 448 g/mol. The van der Waals surface area contributed by atoms with Crippen molar-refractivity contribution in [1.82, 2.24) is 4.31 Å². The molecule has 0 N–H and O–H groups in total. The molecule has 0 spiro atoms. The van der Waals surface area contributed by atoms with E-state index in [1.54, 1.807) is 48.6 Å². The molecule has 3 atom stereocenters. The number of rotatable bonds is 5. The van der Waals surface area contributed by atoms with Crippen LogP contribution in [-0.4, -0.2) is 38.1 Å². The predicted octanol–water partition coefficient (Wildman–Crippen LogP) is 4.04. The van der Waals surface area contributed by atoms with Crippen LogP contribution in [0.25, 0.3) is 0 Å². The molecule has 0 bridgehead atoms. The summed E-state index contributed by atoms with van der Waals surface area (Å²) in [5.41, 5.74) is 0.990. The maximum absolute atomic E-state index is 13.5. The van der Waals surface area contributed by atoms with Crippen LogP contribution < -0.4 is 0 Å². The highest BCUT2D eigenvalue weighted by molar-refractivity contribution is 7.89. The second-order valence-corrected chi connectivity index (χ2v) is 10.4. The first-order chi connectivity index (χ1) is 14.4. The average Bonchev–Trinajstić information content (AvgIpc) is 3.27. The van der Waals surface area contributed by atoms with Gasteiger partial charge < -0.3 is 9.47 Å². The van der Waals surface area contributed by atoms with E-state index in [2.05, 4.69) is 0 Å². The normalized spacial score (nSPS) is 24.5. The molecule has 4 rings (SSSR count). The predicted molar refractivity (Wildman–Crippen MR) is 114 cm³/mol. The zero-order valence-corrected chi connectivity index (χ0v) is 18.6. The summed E-state index contributed by atoms with van der Waals surface area (Å²) in [5.74, 6) is -0.645.